The second kappa shape index (κ2) is 5.65. The Hall–Kier alpha value is -1.84. The number of piperazine rings is 1. The number of rotatable bonds is 3. The smallest absolute Gasteiger partial charge is 0.123 e. The molecule has 1 heterocycles. The summed E-state index contributed by atoms with van der Waals surface area (Å²) < 4.78 is 0. The maximum atomic E-state index is 10.0. The number of phenolic OH excluding ortho intramolecular Hbond substituents is 1. The molecule has 0 amide bonds. The first-order valence-electron chi connectivity index (χ1n) is 7.09. The minimum absolute atomic E-state index is 0.197. The van der Waals surface area contributed by atoms with Crippen LogP contribution in [0.15, 0.2) is 49.1 Å². The zero-order valence-corrected chi connectivity index (χ0v) is 11.5. The summed E-state index contributed by atoms with van der Waals surface area (Å²) in [5, 5.41) is 15.4. The van der Waals surface area contributed by atoms with E-state index in [9.17, 15) is 5.11 Å². The van der Waals surface area contributed by atoms with Gasteiger partial charge in [-0.3, -0.25) is 4.90 Å². The first-order valence-corrected chi connectivity index (χ1v) is 7.09. The Kier molecular flexibility index (Phi) is 3.72. The number of fused-ring (bicyclic) bond motifs is 1. The Labute approximate surface area is 119 Å². The van der Waals surface area contributed by atoms with Crippen molar-refractivity contribution in [1.29, 1.82) is 0 Å². The highest BCUT2D eigenvalue weighted by molar-refractivity contribution is 5.91. The Morgan fingerprint density at radius 2 is 1.80 bits per heavy atom. The van der Waals surface area contributed by atoms with Gasteiger partial charge in [-0.25, -0.2) is 0 Å². The van der Waals surface area contributed by atoms with E-state index in [1.807, 2.05) is 30.3 Å². The fourth-order valence-corrected chi connectivity index (χ4v) is 3.00. The Morgan fingerprint density at radius 1 is 1.10 bits per heavy atom. The fourth-order valence-electron chi connectivity index (χ4n) is 3.00. The van der Waals surface area contributed by atoms with Crippen LogP contribution in [0.25, 0.3) is 10.8 Å². The summed E-state index contributed by atoms with van der Waals surface area (Å²) in [6, 6.07) is 12.0. The van der Waals surface area contributed by atoms with Crippen molar-refractivity contribution in [2.75, 3.05) is 26.2 Å². The van der Waals surface area contributed by atoms with E-state index in [0.717, 1.165) is 37.0 Å². The van der Waals surface area contributed by atoms with Gasteiger partial charge >= 0.3 is 0 Å². The lowest BCUT2D eigenvalue weighted by atomic mass is 9.96. The van der Waals surface area contributed by atoms with Crippen molar-refractivity contribution in [3.63, 3.8) is 0 Å². The molecular formula is C17H20N2O. The highest BCUT2D eigenvalue weighted by Crippen LogP contribution is 2.33. The zero-order chi connectivity index (χ0) is 13.9. The van der Waals surface area contributed by atoms with E-state index in [0.29, 0.717) is 5.75 Å². The van der Waals surface area contributed by atoms with Crippen LogP contribution in [-0.2, 0) is 0 Å². The maximum Gasteiger partial charge on any atom is 0.123 e. The van der Waals surface area contributed by atoms with Crippen molar-refractivity contribution >= 4 is 10.8 Å². The summed E-state index contributed by atoms with van der Waals surface area (Å²) in [5.41, 5.74) is 1.22. The molecule has 2 aromatic carbocycles. The summed E-state index contributed by atoms with van der Waals surface area (Å²) >= 11 is 0. The molecule has 3 nitrogen and oxygen atoms in total. The van der Waals surface area contributed by atoms with Gasteiger partial charge < -0.3 is 10.4 Å². The van der Waals surface area contributed by atoms with E-state index >= 15 is 0 Å². The van der Waals surface area contributed by atoms with Crippen LogP contribution in [0.4, 0.5) is 0 Å². The predicted molar refractivity (Wildman–Crippen MR) is 83.0 cm³/mol. The molecule has 1 saturated heterocycles. The molecule has 3 rings (SSSR count). The van der Waals surface area contributed by atoms with Crippen LogP contribution >= 0.6 is 0 Å². The van der Waals surface area contributed by atoms with Gasteiger partial charge in [0.2, 0.25) is 0 Å². The summed E-state index contributed by atoms with van der Waals surface area (Å²) in [6.45, 7) is 8.09. The van der Waals surface area contributed by atoms with E-state index in [4.69, 9.17) is 0 Å². The van der Waals surface area contributed by atoms with Crippen LogP contribution in [-0.4, -0.2) is 36.2 Å². The van der Waals surface area contributed by atoms with Crippen LogP contribution in [0.2, 0.25) is 0 Å². The van der Waals surface area contributed by atoms with Crippen molar-refractivity contribution in [2.24, 2.45) is 0 Å². The third-order valence-corrected chi connectivity index (χ3v) is 4.02. The lowest BCUT2D eigenvalue weighted by molar-refractivity contribution is 0.204. The molecule has 3 heteroatoms. The number of hydrogen-bond acceptors (Lipinski definition) is 3. The Bertz CT molecular complexity index is 617. The summed E-state index contributed by atoms with van der Waals surface area (Å²) in [6.07, 6.45) is 2.00. The van der Waals surface area contributed by atoms with Crippen LogP contribution in [0.3, 0.4) is 0 Å². The van der Waals surface area contributed by atoms with Crippen LogP contribution in [0, 0.1) is 0 Å². The highest BCUT2D eigenvalue weighted by Gasteiger charge is 2.21. The molecule has 2 N–H and O–H groups in total. The molecule has 1 aliphatic heterocycles. The van der Waals surface area contributed by atoms with E-state index < -0.39 is 0 Å². The van der Waals surface area contributed by atoms with E-state index in [2.05, 4.69) is 22.9 Å². The van der Waals surface area contributed by atoms with Crippen molar-refractivity contribution in [3.8, 4) is 5.75 Å². The Balaban J connectivity index is 2.07. The van der Waals surface area contributed by atoms with E-state index in [-0.39, 0.29) is 6.04 Å². The largest absolute Gasteiger partial charge is 0.507 e. The van der Waals surface area contributed by atoms with E-state index in [1.54, 1.807) is 6.07 Å². The lowest BCUT2D eigenvalue weighted by Gasteiger charge is -2.34. The monoisotopic (exact) mass is 268 g/mol. The average molecular weight is 268 g/mol. The minimum Gasteiger partial charge on any atom is -0.507 e. The average Bonchev–Trinajstić information content (AvgIpc) is 2.52. The molecule has 20 heavy (non-hydrogen) atoms. The molecule has 0 aromatic heterocycles. The SMILES string of the molecule is C=C[C@@H](c1ccc(O)c2ccccc12)N1CCNCC1. The maximum absolute atomic E-state index is 10.0. The van der Waals surface area contributed by atoms with Crippen molar-refractivity contribution in [2.45, 2.75) is 6.04 Å². The van der Waals surface area contributed by atoms with Crippen molar-refractivity contribution in [1.82, 2.24) is 10.2 Å². The summed E-state index contributed by atoms with van der Waals surface area (Å²) in [7, 11) is 0. The molecule has 1 atom stereocenters. The number of benzene rings is 2. The molecule has 0 unspecified atom stereocenters. The number of aromatic hydroxyl groups is 1. The second-order valence-electron chi connectivity index (χ2n) is 5.19. The molecule has 104 valence electrons. The molecule has 0 radical (unpaired) electrons. The van der Waals surface area contributed by atoms with Crippen molar-refractivity contribution in [3.05, 3.63) is 54.6 Å². The highest BCUT2D eigenvalue weighted by atomic mass is 16.3. The van der Waals surface area contributed by atoms with Crippen LogP contribution < -0.4 is 5.32 Å². The molecule has 0 bridgehead atoms. The normalized spacial score (nSPS) is 18.0. The van der Waals surface area contributed by atoms with Gasteiger partial charge in [-0.15, -0.1) is 6.58 Å². The molecule has 2 aromatic rings. The molecular weight excluding hydrogens is 248 g/mol. The third-order valence-electron chi connectivity index (χ3n) is 4.02. The minimum atomic E-state index is 0.197. The van der Waals surface area contributed by atoms with E-state index in [1.165, 1.54) is 5.56 Å². The number of phenols is 1. The number of nitrogens with one attached hydrogen (secondary N) is 1. The first kappa shape index (κ1) is 13.2. The van der Waals surface area contributed by atoms with Crippen molar-refractivity contribution < 1.29 is 5.11 Å². The quantitative estimate of drug-likeness (QED) is 0.840. The second-order valence-corrected chi connectivity index (χ2v) is 5.19. The lowest BCUT2D eigenvalue weighted by Crippen LogP contribution is -2.44. The Morgan fingerprint density at radius 3 is 2.50 bits per heavy atom. The molecule has 1 fully saturated rings. The van der Waals surface area contributed by atoms with Gasteiger partial charge in [-0.05, 0) is 17.0 Å². The molecule has 0 saturated carbocycles. The number of nitrogens with zero attached hydrogens (tertiary/aromatic N) is 1. The van der Waals surface area contributed by atoms with Crippen LogP contribution in [0.1, 0.15) is 11.6 Å². The van der Waals surface area contributed by atoms with Gasteiger partial charge in [0.05, 0.1) is 6.04 Å². The topological polar surface area (TPSA) is 35.5 Å². The summed E-state index contributed by atoms with van der Waals surface area (Å²) in [4.78, 5) is 2.43. The van der Waals surface area contributed by atoms with Gasteiger partial charge in [0, 0.05) is 31.6 Å². The third kappa shape index (κ3) is 2.30. The fraction of sp³-hybridized carbons (Fsp3) is 0.294. The van der Waals surface area contributed by atoms with Gasteiger partial charge in [-0.1, -0.05) is 36.4 Å². The molecule has 1 aliphatic rings. The summed E-state index contributed by atoms with van der Waals surface area (Å²) in [5.74, 6) is 0.340. The molecule has 0 spiro atoms. The predicted octanol–water partition coefficient (Wildman–Crippen LogP) is 2.68. The van der Waals surface area contributed by atoms with Gasteiger partial charge in [0.25, 0.3) is 0 Å². The first-order chi connectivity index (χ1) is 9.81. The van der Waals surface area contributed by atoms with Gasteiger partial charge in [-0.2, -0.15) is 0 Å². The van der Waals surface area contributed by atoms with Crippen LogP contribution in [0.5, 0.6) is 5.75 Å². The standard InChI is InChI=1S/C17H20N2O/c1-2-16(19-11-9-18-10-12-19)14-7-8-17(20)15-6-4-3-5-13(14)15/h2-8,16,18,20H,1,9-12H2/t16-/m0/s1. The van der Waals surface area contributed by atoms with Gasteiger partial charge in [0.1, 0.15) is 5.75 Å². The number of hydrogen-bond donors (Lipinski definition) is 2. The van der Waals surface area contributed by atoms with Gasteiger partial charge in [0.15, 0.2) is 0 Å². The zero-order valence-electron chi connectivity index (χ0n) is 11.5. The molecule has 0 aliphatic carbocycles.